The van der Waals surface area contributed by atoms with Gasteiger partial charge in [-0.2, -0.15) is 14.3 Å². The highest BCUT2D eigenvalue weighted by atomic mass is 32.2. The molecule has 0 bridgehead atoms. The first-order chi connectivity index (χ1) is 21.2. The van der Waals surface area contributed by atoms with E-state index < -0.39 is 15.7 Å². The number of rotatable bonds is 10. The number of allylic oxidation sites excluding steroid dienone is 1. The van der Waals surface area contributed by atoms with Gasteiger partial charge in [0.25, 0.3) is 10.0 Å². The Morgan fingerprint density at radius 2 is 1.95 bits per heavy atom. The van der Waals surface area contributed by atoms with Gasteiger partial charge in [0.2, 0.25) is 0 Å². The fourth-order valence-electron chi connectivity index (χ4n) is 6.19. The predicted molar refractivity (Wildman–Crippen MR) is 165 cm³/mol. The molecule has 234 valence electrons. The monoisotopic (exact) mass is 620 g/mol. The van der Waals surface area contributed by atoms with Crippen molar-refractivity contribution in [2.24, 2.45) is 11.7 Å². The van der Waals surface area contributed by atoms with Gasteiger partial charge in [0.15, 0.2) is 11.5 Å². The number of aromatic nitrogens is 6. The van der Waals surface area contributed by atoms with Crippen LogP contribution in [0.4, 0.5) is 0 Å². The maximum atomic E-state index is 12.7. The quantitative estimate of drug-likeness (QED) is 0.304. The van der Waals surface area contributed by atoms with Crippen molar-refractivity contribution in [1.82, 2.24) is 44.5 Å². The summed E-state index contributed by atoms with van der Waals surface area (Å²) in [5.74, 6) is 1.06. The zero-order valence-corrected chi connectivity index (χ0v) is 25.9. The Kier molecular flexibility index (Phi) is 7.55. The highest BCUT2D eigenvalue weighted by Crippen LogP contribution is 2.33. The average molecular weight is 621 g/mol. The number of dihydropyridines is 1. The van der Waals surface area contributed by atoms with Crippen molar-refractivity contribution >= 4 is 15.6 Å². The Morgan fingerprint density at radius 3 is 2.66 bits per heavy atom. The summed E-state index contributed by atoms with van der Waals surface area (Å²) in [6, 6.07) is 4.36. The van der Waals surface area contributed by atoms with Crippen LogP contribution in [0.25, 0.3) is 17.0 Å². The van der Waals surface area contributed by atoms with E-state index >= 15 is 0 Å². The Labute approximate surface area is 257 Å². The number of nitrogens with zero attached hydrogens (tertiary/aromatic N) is 7. The lowest BCUT2D eigenvalue weighted by molar-refractivity contribution is -0.0286. The van der Waals surface area contributed by atoms with Gasteiger partial charge in [0.1, 0.15) is 0 Å². The van der Waals surface area contributed by atoms with Crippen LogP contribution in [0, 0.1) is 5.92 Å². The predicted octanol–water partition coefficient (Wildman–Crippen LogP) is 1.80. The molecule has 0 spiro atoms. The molecule has 0 aromatic carbocycles. The maximum absolute atomic E-state index is 12.7. The summed E-state index contributed by atoms with van der Waals surface area (Å²) in [7, 11) is 0.782. The average Bonchev–Trinajstić information content (AvgIpc) is 3.54. The van der Waals surface area contributed by atoms with E-state index in [2.05, 4.69) is 39.7 Å². The van der Waals surface area contributed by atoms with E-state index in [1.54, 1.807) is 12.3 Å². The topological polar surface area (TPSA) is 158 Å². The smallest absolute Gasteiger partial charge is 0.256 e. The van der Waals surface area contributed by atoms with Gasteiger partial charge in [0.05, 0.1) is 53.9 Å². The van der Waals surface area contributed by atoms with E-state index in [1.807, 2.05) is 29.2 Å². The molecule has 4 aliphatic rings. The molecule has 2 aliphatic carbocycles. The highest BCUT2D eigenvalue weighted by molar-refractivity contribution is 7.90. The van der Waals surface area contributed by atoms with Crippen molar-refractivity contribution < 1.29 is 13.2 Å². The molecule has 3 aromatic heterocycles. The Bertz CT molecular complexity index is 1680. The number of nitrogens with two attached hydrogens (primary N) is 1. The van der Waals surface area contributed by atoms with Crippen LogP contribution in [0.3, 0.4) is 0 Å². The van der Waals surface area contributed by atoms with Gasteiger partial charge >= 0.3 is 0 Å². The molecule has 5 heterocycles. The summed E-state index contributed by atoms with van der Waals surface area (Å²) in [5, 5.41) is 15.8. The Balaban J connectivity index is 1.16. The van der Waals surface area contributed by atoms with Crippen LogP contribution in [0.15, 0.2) is 54.9 Å². The minimum absolute atomic E-state index is 0.255. The van der Waals surface area contributed by atoms with E-state index in [1.165, 1.54) is 25.2 Å². The van der Waals surface area contributed by atoms with E-state index in [9.17, 15) is 8.42 Å². The number of ether oxygens (including phenoxy) is 1. The number of nitrogens with one attached hydrogen (secondary N) is 2. The molecule has 0 amide bonds. The van der Waals surface area contributed by atoms with E-state index in [-0.39, 0.29) is 11.3 Å². The van der Waals surface area contributed by atoms with Gasteiger partial charge in [0, 0.05) is 42.5 Å². The third-order valence-corrected chi connectivity index (χ3v) is 11.0. The Hall–Kier alpha value is -3.59. The second-order valence-electron chi connectivity index (χ2n) is 12.7. The molecule has 1 saturated heterocycles. The molecular formula is C30H40N10O3S. The first kappa shape index (κ1) is 29.1. The van der Waals surface area contributed by atoms with Crippen molar-refractivity contribution in [2.75, 3.05) is 33.9 Å². The number of hydrogen-bond acceptors (Lipinski definition) is 11. The van der Waals surface area contributed by atoms with Gasteiger partial charge in [-0.3, -0.25) is 4.68 Å². The SMILES string of the molecule is CN(C)CC1CCC(NC2=CC(N)(c3ccnc(-c4cnn(S(=O)(=O)C5CC5)c4)n3)NC=C2c2ccn(C3COC3)n2)CC1. The molecule has 44 heavy (non-hydrogen) atoms. The molecule has 1 unspecified atom stereocenters. The van der Waals surface area contributed by atoms with Crippen molar-refractivity contribution in [1.29, 1.82) is 0 Å². The van der Waals surface area contributed by atoms with E-state index in [4.69, 9.17) is 20.6 Å². The van der Waals surface area contributed by atoms with Crippen molar-refractivity contribution in [3.63, 3.8) is 0 Å². The van der Waals surface area contributed by atoms with Crippen LogP contribution < -0.4 is 16.4 Å². The van der Waals surface area contributed by atoms with Gasteiger partial charge in [-0.1, -0.05) is 0 Å². The summed E-state index contributed by atoms with van der Waals surface area (Å²) < 4.78 is 33.7. The molecule has 4 N–H and O–H groups in total. The van der Waals surface area contributed by atoms with E-state index in [0.717, 1.165) is 40.4 Å². The van der Waals surface area contributed by atoms with Crippen LogP contribution >= 0.6 is 0 Å². The third kappa shape index (κ3) is 5.78. The molecule has 3 fully saturated rings. The number of hydrogen-bond donors (Lipinski definition) is 3. The molecule has 13 nitrogen and oxygen atoms in total. The molecule has 0 radical (unpaired) electrons. The summed E-state index contributed by atoms with van der Waals surface area (Å²) in [6.45, 7) is 2.45. The normalized spacial score (nSPS) is 26.1. The second-order valence-corrected chi connectivity index (χ2v) is 14.8. The largest absolute Gasteiger partial charge is 0.382 e. The lowest BCUT2D eigenvalue weighted by atomic mass is 9.85. The lowest BCUT2D eigenvalue weighted by Gasteiger charge is -2.36. The molecular weight excluding hydrogens is 580 g/mol. The van der Waals surface area contributed by atoms with Crippen LogP contribution in [0.1, 0.15) is 56.0 Å². The minimum atomic E-state index is -3.49. The molecule has 1 atom stereocenters. The van der Waals surface area contributed by atoms with Crippen LogP contribution in [0.5, 0.6) is 0 Å². The summed E-state index contributed by atoms with van der Waals surface area (Å²) in [6.07, 6.45) is 16.3. The van der Waals surface area contributed by atoms with Gasteiger partial charge in [-0.25, -0.2) is 18.4 Å². The summed E-state index contributed by atoms with van der Waals surface area (Å²) in [5.41, 5.74) is 9.61. The first-order valence-electron chi connectivity index (χ1n) is 15.4. The van der Waals surface area contributed by atoms with Crippen molar-refractivity contribution in [3.8, 4) is 11.4 Å². The van der Waals surface area contributed by atoms with E-state index in [0.29, 0.717) is 55.1 Å². The lowest BCUT2D eigenvalue weighted by Crippen LogP contribution is -2.50. The molecule has 7 rings (SSSR count). The Morgan fingerprint density at radius 1 is 1.16 bits per heavy atom. The zero-order chi connectivity index (χ0) is 30.5. The summed E-state index contributed by atoms with van der Waals surface area (Å²) >= 11 is 0. The fourth-order valence-corrected chi connectivity index (χ4v) is 7.66. The van der Waals surface area contributed by atoms with Gasteiger partial charge in [-0.15, -0.1) is 0 Å². The third-order valence-electron chi connectivity index (χ3n) is 8.93. The van der Waals surface area contributed by atoms with Crippen LogP contribution in [0.2, 0.25) is 0 Å². The summed E-state index contributed by atoms with van der Waals surface area (Å²) in [4.78, 5) is 11.4. The fraction of sp³-hybridized carbons (Fsp3) is 0.533. The van der Waals surface area contributed by atoms with Gasteiger partial charge in [-0.05, 0) is 76.7 Å². The standard InChI is InChI=1S/C30H40N10O3S/c1-38(2)16-20-3-5-22(6-4-20)35-27-13-30(31,33-15-25(27)26-10-12-39(37-26)23-18-43-19-23)28-9-11-32-29(36-28)21-14-34-40(17-21)44(41,42)24-7-8-24/h9-15,17,20,22-24,33,35H,3-8,16,18-19,31H2,1-2H3. The van der Waals surface area contributed by atoms with Crippen molar-refractivity contribution in [2.45, 2.75) is 61.5 Å². The molecule has 2 saturated carbocycles. The highest BCUT2D eigenvalue weighted by Gasteiger charge is 2.38. The van der Waals surface area contributed by atoms with Crippen molar-refractivity contribution in [3.05, 3.63) is 66.3 Å². The van der Waals surface area contributed by atoms with Gasteiger partial charge < -0.3 is 26.0 Å². The van der Waals surface area contributed by atoms with Crippen LogP contribution in [-0.4, -0.2) is 87.4 Å². The maximum Gasteiger partial charge on any atom is 0.256 e. The first-order valence-corrected chi connectivity index (χ1v) is 16.9. The van der Waals surface area contributed by atoms with Crippen LogP contribution in [-0.2, 0) is 20.4 Å². The second kappa shape index (κ2) is 11.4. The molecule has 2 aliphatic heterocycles. The minimum Gasteiger partial charge on any atom is -0.382 e. The zero-order valence-electron chi connectivity index (χ0n) is 25.1. The molecule has 3 aromatic rings. The molecule has 14 heteroatoms.